The van der Waals surface area contributed by atoms with Gasteiger partial charge in [-0.2, -0.15) is 11.8 Å². The molecule has 1 unspecified atom stereocenters. The number of nitrogens with one attached hydrogen (secondary N) is 1. The van der Waals surface area contributed by atoms with Gasteiger partial charge in [0.15, 0.2) is 0 Å². The Kier molecular flexibility index (Phi) is 6.69. The molecule has 0 aromatic heterocycles. The van der Waals surface area contributed by atoms with E-state index in [1.54, 1.807) is 0 Å². The topological polar surface area (TPSA) is 15.3 Å². The highest BCUT2D eigenvalue weighted by Gasteiger charge is 2.18. The summed E-state index contributed by atoms with van der Waals surface area (Å²) in [5.74, 6) is 0. The minimum atomic E-state index is 0.749. The highest BCUT2D eigenvalue weighted by Crippen LogP contribution is 2.11. The first-order valence-corrected chi connectivity index (χ1v) is 7.53. The molecule has 0 aromatic carbocycles. The summed E-state index contributed by atoms with van der Waals surface area (Å²) < 4.78 is 0. The molecular weight excluding hydrogens is 204 g/mol. The average molecular weight is 230 g/mol. The van der Waals surface area contributed by atoms with Gasteiger partial charge >= 0.3 is 0 Å². The van der Waals surface area contributed by atoms with Crippen LogP contribution in [0.25, 0.3) is 0 Å². The van der Waals surface area contributed by atoms with Crippen LogP contribution in [0.4, 0.5) is 0 Å². The Balaban J connectivity index is 2.09. The maximum atomic E-state index is 3.69. The van der Waals surface area contributed by atoms with Gasteiger partial charge in [-0.15, -0.1) is 0 Å². The Morgan fingerprint density at radius 2 is 2.07 bits per heavy atom. The largest absolute Gasteiger partial charge is 0.313 e. The maximum absolute atomic E-state index is 3.69. The fourth-order valence-electron chi connectivity index (χ4n) is 2.09. The van der Waals surface area contributed by atoms with E-state index in [2.05, 4.69) is 30.3 Å². The van der Waals surface area contributed by atoms with E-state index in [0.29, 0.717) is 0 Å². The van der Waals surface area contributed by atoms with Gasteiger partial charge in [0, 0.05) is 17.8 Å². The van der Waals surface area contributed by atoms with Crippen LogP contribution in [-0.4, -0.2) is 48.6 Å². The Labute approximate surface area is 99.2 Å². The van der Waals surface area contributed by atoms with E-state index in [0.717, 1.165) is 11.3 Å². The van der Waals surface area contributed by atoms with Crippen molar-refractivity contribution in [2.45, 2.75) is 44.4 Å². The van der Waals surface area contributed by atoms with Gasteiger partial charge in [-0.3, -0.25) is 0 Å². The van der Waals surface area contributed by atoms with Gasteiger partial charge in [0.1, 0.15) is 0 Å². The van der Waals surface area contributed by atoms with Gasteiger partial charge in [0.2, 0.25) is 0 Å². The third kappa shape index (κ3) is 5.23. The molecule has 15 heavy (non-hydrogen) atoms. The zero-order valence-corrected chi connectivity index (χ0v) is 11.3. The zero-order chi connectivity index (χ0) is 11.1. The first-order chi connectivity index (χ1) is 7.26. The highest BCUT2D eigenvalue weighted by molar-refractivity contribution is 7.99. The van der Waals surface area contributed by atoms with Crippen molar-refractivity contribution in [2.75, 3.05) is 32.4 Å². The lowest BCUT2D eigenvalue weighted by molar-refractivity contribution is 0.198. The number of hydrogen-bond acceptors (Lipinski definition) is 3. The van der Waals surface area contributed by atoms with Gasteiger partial charge in [0.05, 0.1) is 0 Å². The van der Waals surface area contributed by atoms with Crippen molar-refractivity contribution in [3.63, 3.8) is 0 Å². The predicted octanol–water partition coefficient (Wildman–Crippen LogP) is 2.20. The van der Waals surface area contributed by atoms with Crippen LogP contribution in [-0.2, 0) is 0 Å². The molecule has 1 rings (SSSR count). The minimum Gasteiger partial charge on any atom is -0.313 e. The second-order valence-corrected chi connectivity index (χ2v) is 5.85. The molecule has 0 aromatic rings. The molecule has 0 spiro atoms. The molecule has 1 saturated heterocycles. The monoisotopic (exact) mass is 230 g/mol. The number of nitrogens with zero attached hydrogens (tertiary/aromatic N) is 1. The first kappa shape index (κ1) is 13.3. The smallest absolute Gasteiger partial charge is 0.0141 e. The molecule has 90 valence electrons. The number of likely N-dealkylation sites (tertiary alicyclic amines) is 1. The van der Waals surface area contributed by atoms with Gasteiger partial charge in [-0.05, 0) is 45.2 Å². The lowest BCUT2D eigenvalue weighted by atomic mass is 10.0. The van der Waals surface area contributed by atoms with Gasteiger partial charge in [-0.25, -0.2) is 0 Å². The molecule has 1 N–H and O–H groups in total. The van der Waals surface area contributed by atoms with Crippen LogP contribution < -0.4 is 5.32 Å². The van der Waals surface area contributed by atoms with Crippen molar-refractivity contribution in [1.29, 1.82) is 0 Å². The maximum Gasteiger partial charge on any atom is 0.0141 e. The number of rotatable bonds is 6. The van der Waals surface area contributed by atoms with Crippen molar-refractivity contribution in [3.8, 4) is 0 Å². The molecule has 0 saturated carbocycles. The van der Waals surface area contributed by atoms with E-state index in [1.807, 2.05) is 11.8 Å². The summed E-state index contributed by atoms with van der Waals surface area (Å²) >= 11 is 1.95. The summed E-state index contributed by atoms with van der Waals surface area (Å²) in [4.78, 5) is 2.59. The molecule has 2 nitrogen and oxygen atoms in total. The number of piperidine rings is 1. The second-order valence-electron chi connectivity index (χ2n) is 4.57. The normalized spacial score (nSPS) is 21.8. The molecule has 0 aliphatic carbocycles. The highest BCUT2D eigenvalue weighted by atomic mass is 32.2. The van der Waals surface area contributed by atoms with Crippen LogP contribution in [0.5, 0.6) is 0 Å². The van der Waals surface area contributed by atoms with Crippen molar-refractivity contribution in [3.05, 3.63) is 0 Å². The lowest BCUT2D eigenvalue weighted by Crippen LogP contribution is -2.44. The molecule has 0 bridgehead atoms. The van der Waals surface area contributed by atoms with Crippen molar-refractivity contribution in [1.82, 2.24) is 10.2 Å². The molecule has 3 heteroatoms. The average Bonchev–Trinajstić information content (AvgIpc) is 2.28. The number of thioether (sulfide) groups is 1. The van der Waals surface area contributed by atoms with E-state index in [9.17, 15) is 0 Å². The van der Waals surface area contributed by atoms with Crippen LogP contribution in [0.3, 0.4) is 0 Å². The van der Waals surface area contributed by atoms with E-state index < -0.39 is 0 Å². The van der Waals surface area contributed by atoms with Crippen LogP contribution in [0.1, 0.15) is 33.1 Å². The zero-order valence-electron chi connectivity index (χ0n) is 10.5. The van der Waals surface area contributed by atoms with E-state index >= 15 is 0 Å². The molecular formula is C12H26N2S. The van der Waals surface area contributed by atoms with Crippen LogP contribution in [0.15, 0.2) is 0 Å². The summed E-state index contributed by atoms with van der Waals surface area (Å²) in [7, 11) is 0. The third-order valence-electron chi connectivity index (χ3n) is 3.22. The van der Waals surface area contributed by atoms with Gasteiger partial charge < -0.3 is 10.2 Å². The third-order valence-corrected chi connectivity index (χ3v) is 4.20. The SMILES string of the molecule is CCCN1CCC(NCC(C)SC)CC1. The first-order valence-electron chi connectivity index (χ1n) is 6.24. The second kappa shape index (κ2) is 7.53. The molecule has 1 aliphatic rings. The summed E-state index contributed by atoms with van der Waals surface area (Å²) in [6.07, 6.45) is 6.15. The summed E-state index contributed by atoms with van der Waals surface area (Å²) in [6, 6.07) is 0.771. The van der Waals surface area contributed by atoms with Crippen LogP contribution in [0, 0.1) is 0 Å². The predicted molar refractivity (Wildman–Crippen MR) is 70.7 cm³/mol. The van der Waals surface area contributed by atoms with Gasteiger partial charge in [0.25, 0.3) is 0 Å². The van der Waals surface area contributed by atoms with Crippen molar-refractivity contribution in [2.24, 2.45) is 0 Å². The fourth-order valence-corrected chi connectivity index (χ4v) is 2.36. The molecule has 0 amide bonds. The summed E-state index contributed by atoms with van der Waals surface area (Å²) in [6.45, 7) is 9.60. The molecule has 1 heterocycles. The molecule has 1 aliphatic heterocycles. The fraction of sp³-hybridized carbons (Fsp3) is 1.00. The Morgan fingerprint density at radius 3 is 2.60 bits per heavy atom. The quantitative estimate of drug-likeness (QED) is 0.753. The Morgan fingerprint density at radius 1 is 1.40 bits per heavy atom. The van der Waals surface area contributed by atoms with Crippen molar-refractivity contribution >= 4 is 11.8 Å². The molecule has 0 radical (unpaired) electrons. The standard InChI is InChI=1S/C12H26N2S/c1-4-7-14-8-5-12(6-9-14)13-10-11(2)15-3/h11-13H,4-10H2,1-3H3. The summed E-state index contributed by atoms with van der Waals surface area (Å²) in [5.41, 5.74) is 0. The summed E-state index contributed by atoms with van der Waals surface area (Å²) in [5, 5.41) is 4.44. The number of hydrogen-bond donors (Lipinski definition) is 1. The lowest BCUT2D eigenvalue weighted by Gasteiger charge is -2.32. The molecule has 1 fully saturated rings. The minimum absolute atomic E-state index is 0.749. The van der Waals surface area contributed by atoms with E-state index in [1.165, 1.54) is 45.4 Å². The van der Waals surface area contributed by atoms with Crippen molar-refractivity contribution < 1.29 is 0 Å². The molecule has 1 atom stereocenters. The van der Waals surface area contributed by atoms with E-state index in [4.69, 9.17) is 0 Å². The Bertz CT molecular complexity index is 156. The Hall–Kier alpha value is 0.270. The van der Waals surface area contributed by atoms with Crippen LogP contribution in [0.2, 0.25) is 0 Å². The van der Waals surface area contributed by atoms with Crippen LogP contribution >= 0.6 is 11.8 Å². The van der Waals surface area contributed by atoms with E-state index in [-0.39, 0.29) is 0 Å². The van der Waals surface area contributed by atoms with Gasteiger partial charge in [-0.1, -0.05) is 13.8 Å².